The van der Waals surface area contributed by atoms with E-state index < -0.39 is 0 Å². The average molecular weight is 289 g/mol. The van der Waals surface area contributed by atoms with Crippen molar-refractivity contribution in [3.05, 3.63) is 33.9 Å². The average Bonchev–Trinajstić information content (AvgIpc) is 2.71. The molecule has 2 heterocycles. The lowest BCUT2D eigenvalue weighted by Crippen LogP contribution is -2.44. The van der Waals surface area contributed by atoms with Crippen LogP contribution < -0.4 is 4.90 Å². The first-order valence-electron chi connectivity index (χ1n) is 7.62. The van der Waals surface area contributed by atoms with E-state index in [4.69, 9.17) is 0 Å². The second-order valence-electron chi connectivity index (χ2n) is 7.00. The summed E-state index contributed by atoms with van der Waals surface area (Å²) in [6.45, 7) is 7.62. The molecule has 1 aromatic carbocycles. The van der Waals surface area contributed by atoms with Crippen molar-refractivity contribution in [3.8, 4) is 0 Å². The first-order valence-corrected chi connectivity index (χ1v) is 7.62. The quantitative estimate of drug-likeness (QED) is 0.620. The number of piperidine rings is 1. The summed E-state index contributed by atoms with van der Waals surface area (Å²) in [6, 6.07) is 5.85. The number of nitro groups is 1. The van der Waals surface area contributed by atoms with E-state index in [9.17, 15) is 10.1 Å². The number of benzene rings is 1. The molecule has 0 aliphatic carbocycles. The molecule has 21 heavy (non-hydrogen) atoms. The lowest BCUT2D eigenvalue weighted by molar-refractivity contribution is -0.384. The summed E-state index contributed by atoms with van der Waals surface area (Å²) in [5, 5.41) is 11.1. The molecule has 5 heteroatoms. The topological polar surface area (TPSA) is 49.6 Å². The molecule has 3 rings (SSSR count). The Bertz CT molecular complexity index is 563. The van der Waals surface area contributed by atoms with Crippen molar-refractivity contribution in [2.24, 2.45) is 0 Å². The van der Waals surface area contributed by atoms with Gasteiger partial charge in [-0.2, -0.15) is 0 Å². The Morgan fingerprint density at radius 2 is 1.95 bits per heavy atom. The van der Waals surface area contributed by atoms with Crippen LogP contribution in [0.4, 0.5) is 11.4 Å². The van der Waals surface area contributed by atoms with E-state index in [0.29, 0.717) is 6.04 Å². The first-order chi connectivity index (χ1) is 9.88. The maximum atomic E-state index is 11.1. The van der Waals surface area contributed by atoms with Crippen molar-refractivity contribution < 1.29 is 4.92 Å². The highest BCUT2D eigenvalue weighted by molar-refractivity contribution is 5.66. The Hall–Kier alpha value is -1.62. The number of hydrogen-bond donors (Lipinski definition) is 0. The Balaban J connectivity index is 1.95. The monoisotopic (exact) mass is 289 g/mol. The zero-order valence-electron chi connectivity index (χ0n) is 13.0. The fourth-order valence-electron chi connectivity index (χ4n) is 3.67. The molecule has 114 valence electrons. The van der Waals surface area contributed by atoms with Crippen LogP contribution in [0.5, 0.6) is 0 Å². The Morgan fingerprint density at radius 3 is 2.57 bits per heavy atom. The van der Waals surface area contributed by atoms with Gasteiger partial charge < -0.3 is 9.80 Å². The Kier molecular flexibility index (Phi) is 3.40. The highest BCUT2D eigenvalue weighted by atomic mass is 16.6. The van der Waals surface area contributed by atoms with Crippen molar-refractivity contribution in [2.45, 2.75) is 38.1 Å². The molecule has 2 aliphatic heterocycles. The van der Waals surface area contributed by atoms with Crippen LogP contribution in [0.2, 0.25) is 0 Å². The number of hydrogen-bond acceptors (Lipinski definition) is 4. The van der Waals surface area contributed by atoms with E-state index >= 15 is 0 Å². The van der Waals surface area contributed by atoms with Crippen molar-refractivity contribution in [3.63, 3.8) is 0 Å². The summed E-state index contributed by atoms with van der Waals surface area (Å²) in [4.78, 5) is 15.5. The van der Waals surface area contributed by atoms with Crippen molar-refractivity contribution in [2.75, 3.05) is 31.6 Å². The normalized spacial score (nSPS) is 22.3. The Morgan fingerprint density at radius 1 is 1.29 bits per heavy atom. The highest BCUT2D eigenvalue weighted by Gasteiger charge is 2.39. The summed E-state index contributed by atoms with van der Waals surface area (Å²) >= 11 is 0. The van der Waals surface area contributed by atoms with Gasteiger partial charge in [0.2, 0.25) is 0 Å². The van der Waals surface area contributed by atoms with Crippen LogP contribution in [-0.2, 0) is 5.41 Å². The molecule has 2 aliphatic rings. The van der Waals surface area contributed by atoms with Gasteiger partial charge in [0.1, 0.15) is 0 Å². The molecule has 0 bridgehead atoms. The minimum absolute atomic E-state index is 0.0633. The molecule has 0 aromatic heterocycles. The van der Waals surface area contributed by atoms with E-state index in [-0.39, 0.29) is 16.0 Å². The molecule has 0 unspecified atom stereocenters. The maximum Gasteiger partial charge on any atom is 0.271 e. The van der Waals surface area contributed by atoms with E-state index in [1.54, 1.807) is 12.1 Å². The lowest BCUT2D eigenvalue weighted by Gasteiger charge is -2.37. The first kappa shape index (κ1) is 14.3. The van der Waals surface area contributed by atoms with Crippen LogP contribution in [0.25, 0.3) is 0 Å². The van der Waals surface area contributed by atoms with E-state index in [2.05, 4.69) is 30.7 Å². The summed E-state index contributed by atoms with van der Waals surface area (Å²) in [5.74, 6) is 0. The molecule has 1 saturated heterocycles. The lowest BCUT2D eigenvalue weighted by atomic mass is 9.87. The van der Waals surface area contributed by atoms with Crippen LogP contribution in [0.1, 0.15) is 32.3 Å². The molecule has 0 spiro atoms. The second-order valence-corrected chi connectivity index (χ2v) is 7.00. The summed E-state index contributed by atoms with van der Waals surface area (Å²) in [5.41, 5.74) is 2.58. The minimum atomic E-state index is -0.293. The molecule has 5 nitrogen and oxygen atoms in total. The molecule has 0 N–H and O–H groups in total. The third-order valence-electron chi connectivity index (χ3n) is 4.93. The van der Waals surface area contributed by atoms with E-state index in [1.807, 2.05) is 6.07 Å². The van der Waals surface area contributed by atoms with Crippen molar-refractivity contribution >= 4 is 11.4 Å². The highest BCUT2D eigenvalue weighted by Crippen LogP contribution is 2.44. The van der Waals surface area contributed by atoms with Crippen molar-refractivity contribution in [1.29, 1.82) is 0 Å². The number of nitro benzene ring substituents is 1. The molecule has 1 aromatic rings. The number of anilines is 1. The zero-order valence-corrected chi connectivity index (χ0v) is 13.0. The van der Waals surface area contributed by atoms with Gasteiger partial charge in [-0.1, -0.05) is 13.8 Å². The van der Waals surface area contributed by atoms with Gasteiger partial charge in [0.15, 0.2) is 0 Å². The molecule has 0 amide bonds. The van der Waals surface area contributed by atoms with Crippen LogP contribution in [0, 0.1) is 10.1 Å². The minimum Gasteiger partial charge on any atom is -0.367 e. The standard InChI is InChI=1S/C16H23N3O2/c1-16(2)11-18(12-6-8-17(3)9-7-12)15-10-13(19(20)21)4-5-14(15)16/h4-5,10,12H,6-9,11H2,1-3H3. The molecule has 0 atom stereocenters. The zero-order chi connectivity index (χ0) is 15.2. The van der Waals surface area contributed by atoms with Crippen LogP contribution in [-0.4, -0.2) is 42.5 Å². The van der Waals surface area contributed by atoms with Gasteiger partial charge in [0.25, 0.3) is 5.69 Å². The maximum absolute atomic E-state index is 11.1. The number of rotatable bonds is 2. The van der Waals surface area contributed by atoms with Crippen LogP contribution >= 0.6 is 0 Å². The molecule has 1 fully saturated rings. The largest absolute Gasteiger partial charge is 0.367 e. The molecular formula is C16H23N3O2. The molecule has 0 saturated carbocycles. The smallest absolute Gasteiger partial charge is 0.271 e. The number of non-ortho nitro benzene ring substituents is 1. The van der Waals surface area contributed by atoms with Crippen molar-refractivity contribution in [1.82, 2.24) is 4.90 Å². The van der Waals surface area contributed by atoms with Gasteiger partial charge >= 0.3 is 0 Å². The predicted octanol–water partition coefficient (Wildman–Crippen LogP) is 2.79. The van der Waals surface area contributed by atoms with Gasteiger partial charge in [0, 0.05) is 35.8 Å². The summed E-state index contributed by atoms with van der Waals surface area (Å²) < 4.78 is 0. The SMILES string of the molecule is CN1CCC(N2CC(C)(C)c3ccc([N+](=O)[O-])cc32)CC1. The third-order valence-corrected chi connectivity index (χ3v) is 4.93. The van der Waals surface area contributed by atoms with Gasteiger partial charge in [-0.3, -0.25) is 10.1 Å². The fourth-order valence-corrected chi connectivity index (χ4v) is 3.67. The van der Waals surface area contributed by atoms with Crippen LogP contribution in [0.3, 0.4) is 0 Å². The van der Waals surface area contributed by atoms with Gasteiger partial charge in [-0.15, -0.1) is 0 Å². The molecular weight excluding hydrogens is 266 g/mol. The third kappa shape index (κ3) is 2.50. The number of likely N-dealkylation sites (tertiary alicyclic amines) is 1. The van der Waals surface area contributed by atoms with E-state index in [0.717, 1.165) is 38.2 Å². The number of nitrogens with zero attached hydrogens (tertiary/aromatic N) is 3. The van der Waals surface area contributed by atoms with Crippen LogP contribution in [0.15, 0.2) is 18.2 Å². The fraction of sp³-hybridized carbons (Fsp3) is 0.625. The number of fused-ring (bicyclic) bond motifs is 1. The second kappa shape index (κ2) is 4.98. The van der Waals surface area contributed by atoms with Gasteiger partial charge in [-0.05, 0) is 44.6 Å². The molecule has 0 radical (unpaired) electrons. The Labute approximate surface area is 125 Å². The summed E-state index contributed by atoms with van der Waals surface area (Å²) in [7, 11) is 2.16. The van der Waals surface area contributed by atoms with E-state index in [1.165, 1.54) is 5.56 Å². The van der Waals surface area contributed by atoms with Gasteiger partial charge in [0.05, 0.1) is 4.92 Å². The predicted molar refractivity (Wildman–Crippen MR) is 84.0 cm³/mol. The summed E-state index contributed by atoms with van der Waals surface area (Å²) in [6.07, 6.45) is 2.27. The van der Waals surface area contributed by atoms with Gasteiger partial charge in [-0.25, -0.2) is 0 Å².